The third-order valence-corrected chi connectivity index (χ3v) is 3.33. The van der Waals surface area contributed by atoms with E-state index in [1.807, 2.05) is 0 Å². The smallest absolute Gasteiger partial charge is 0.122 e. The van der Waals surface area contributed by atoms with Crippen LogP contribution in [0.5, 0.6) is 5.75 Å². The van der Waals surface area contributed by atoms with Crippen LogP contribution < -0.4 is 4.74 Å². The van der Waals surface area contributed by atoms with Gasteiger partial charge in [-0.25, -0.2) is 0 Å². The Kier molecular flexibility index (Phi) is 3.35. The Hall–Kier alpha value is -0.500. The third-order valence-electron chi connectivity index (χ3n) is 2.96. The Morgan fingerprint density at radius 1 is 1.40 bits per heavy atom. The predicted octanol–water partition coefficient (Wildman–Crippen LogP) is 3.90. The van der Waals surface area contributed by atoms with Gasteiger partial charge in [0.05, 0.1) is 6.61 Å². The van der Waals surface area contributed by atoms with Crippen LogP contribution in [0.2, 0.25) is 0 Å². The molecule has 2 heteroatoms. The van der Waals surface area contributed by atoms with Gasteiger partial charge in [0.15, 0.2) is 0 Å². The lowest BCUT2D eigenvalue weighted by atomic mass is 9.94. The van der Waals surface area contributed by atoms with Crippen molar-refractivity contribution in [1.82, 2.24) is 0 Å². The van der Waals surface area contributed by atoms with Crippen LogP contribution in [0.3, 0.4) is 0 Å². The Morgan fingerprint density at radius 3 is 2.93 bits per heavy atom. The molecule has 2 atom stereocenters. The van der Waals surface area contributed by atoms with Crippen LogP contribution in [0.15, 0.2) is 18.2 Å². The van der Waals surface area contributed by atoms with Gasteiger partial charge >= 0.3 is 0 Å². The van der Waals surface area contributed by atoms with E-state index in [1.54, 1.807) is 0 Å². The molecule has 0 fully saturated rings. The summed E-state index contributed by atoms with van der Waals surface area (Å²) in [6, 6.07) is 6.62. The Balaban J connectivity index is 2.15. The van der Waals surface area contributed by atoms with Gasteiger partial charge in [-0.05, 0) is 29.5 Å². The summed E-state index contributed by atoms with van der Waals surface area (Å²) in [5.74, 6) is 1.70. The molecule has 0 amide bonds. The molecule has 1 aromatic rings. The van der Waals surface area contributed by atoms with Crippen molar-refractivity contribution in [3.05, 3.63) is 29.3 Å². The largest absolute Gasteiger partial charge is 0.493 e. The van der Waals surface area contributed by atoms with Gasteiger partial charge in [0.1, 0.15) is 5.75 Å². The standard InChI is InChI=1S/C13H17BrO/c1-9(7-10(2)14)11-3-4-13-12(8-11)5-6-15-13/h3-4,8-10H,5-7H2,1-2H3. The Labute approximate surface area is 100.0 Å². The zero-order chi connectivity index (χ0) is 10.8. The number of hydrogen-bond acceptors (Lipinski definition) is 1. The number of alkyl halides is 1. The summed E-state index contributed by atoms with van der Waals surface area (Å²) in [4.78, 5) is 0.581. The van der Waals surface area contributed by atoms with Gasteiger partial charge in [0.2, 0.25) is 0 Å². The monoisotopic (exact) mass is 268 g/mol. The first-order valence-corrected chi connectivity index (χ1v) is 6.48. The molecule has 0 radical (unpaired) electrons. The number of fused-ring (bicyclic) bond motifs is 1. The summed E-state index contributed by atoms with van der Waals surface area (Å²) >= 11 is 3.61. The van der Waals surface area contributed by atoms with Crippen LogP contribution in [0.25, 0.3) is 0 Å². The summed E-state index contributed by atoms with van der Waals surface area (Å²) in [5.41, 5.74) is 2.81. The van der Waals surface area contributed by atoms with Crippen molar-refractivity contribution in [3.63, 3.8) is 0 Å². The molecule has 0 saturated heterocycles. The van der Waals surface area contributed by atoms with Gasteiger partial charge in [-0.1, -0.05) is 41.9 Å². The summed E-state index contributed by atoms with van der Waals surface area (Å²) in [6.07, 6.45) is 2.25. The number of halogens is 1. The highest BCUT2D eigenvalue weighted by Gasteiger charge is 2.15. The quantitative estimate of drug-likeness (QED) is 0.756. The average molecular weight is 269 g/mol. The van der Waals surface area contributed by atoms with E-state index in [1.165, 1.54) is 17.5 Å². The van der Waals surface area contributed by atoms with Crippen molar-refractivity contribution in [2.45, 2.75) is 37.4 Å². The fourth-order valence-corrected chi connectivity index (χ4v) is 2.70. The normalized spacial score (nSPS) is 18.1. The van der Waals surface area contributed by atoms with Gasteiger partial charge in [0.25, 0.3) is 0 Å². The van der Waals surface area contributed by atoms with Crippen molar-refractivity contribution < 1.29 is 4.74 Å². The number of ether oxygens (including phenoxy) is 1. The second-order valence-electron chi connectivity index (χ2n) is 4.38. The molecule has 0 N–H and O–H groups in total. The van der Waals surface area contributed by atoms with Crippen LogP contribution in [-0.2, 0) is 6.42 Å². The second kappa shape index (κ2) is 4.56. The molecule has 15 heavy (non-hydrogen) atoms. The first-order valence-electron chi connectivity index (χ1n) is 5.56. The lowest BCUT2D eigenvalue weighted by Crippen LogP contribution is -2.00. The first-order chi connectivity index (χ1) is 7.16. The van der Waals surface area contributed by atoms with Crippen molar-refractivity contribution >= 4 is 15.9 Å². The molecule has 0 aromatic heterocycles. The van der Waals surface area contributed by atoms with E-state index in [4.69, 9.17) is 4.74 Å². The number of rotatable bonds is 3. The topological polar surface area (TPSA) is 9.23 Å². The second-order valence-corrected chi connectivity index (χ2v) is 5.95. The Morgan fingerprint density at radius 2 is 2.20 bits per heavy atom. The molecule has 2 rings (SSSR count). The summed E-state index contributed by atoms with van der Waals surface area (Å²) in [7, 11) is 0. The minimum Gasteiger partial charge on any atom is -0.493 e. The zero-order valence-electron chi connectivity index (χ0n) is 9.29. The molecule has 1 aromatic carbocycles. The van der Waals surface area contributed by atoms with Crippen molar-refractivity contribution in [2.24, 2.45) is 0 Å². The van der Waals surface area contributed by atoms with E-state index < -0.39 is 0 Å². The van der Waals surface area contributed by atoms with Crippen LogP contribution in [0, 0.1) is 0 Å². The van der Waals surface area contributed by atoms with Crippen molar-refractivity contribution in [3.8, 4) is 5.75 Å². The minimum absolute atomic E-state index is 0.581. The summed E-state index contributed by atoms with van der Waals surface area (Å²) < 4.78 is 5.51. The number of benzene rings is 1. The molecule has 0 spiro atoms. The van der Waals surface area contributed by atoms with Gasteiger partial charge in [-0.2, -0.15) is 0 Å². The van der Waals surface area contributed by atoms with E-state index in [9.17, 15) is 0 Å². The molecule has 1 nitrogen and oxygen atoms in total. The van der Waals surface area contributed by atoms with Crippen LogP contribution in [-0.4, -0.2) is 11.4 Å². The van der Waals surface area contributed by atoms with E-state index in [0.29, 0.717) is 10.7 Å². The third kappa shape index (κ3) is 2.54. The summed E-state index contributed by atoms with van der Waals surface area (Å²) in [5, 5.41) is 0. The van der Waals surface area contributed by atoms with Gasteiger partial charge < -0.3 is 4.74 Å². The van der Waals surface area contributed by atoms with Crippen molar-refractivity contribution in [2.75, 3.05) is 6.61 Å². The molecule has 1 heterocycles. The van der Waals surface area contributed by atoms with Crippen LogP contribution in [0.1, 0.15) is 37.3 Å². The predicted molar refractivity (Wildman–Crippen MR) is 67.1 cm³/mol. The average Bonchev–Trinajstić information content (AvgIpc) is 2.62. The summed E-state index contributed by atoms with van der Waals surface area (Å²) in [6.45, 7) is 5.34. The molecule has 82 valence electrons. The molecule has 0 aliphatic carbocycles. The van der Waals surface area contributed by atoms with E-state index in [2.05, 4.69) is 48.0 Å². The number of hydrogen-bond donors (Lipinski definition) is 0. The van der Waals surface area contributed by atoms with Crippen LogP contribution >= 0.6 is 15.9 Å². The van der Waals surface area contributed by atoms with E-state index in [0.717, 1.165) is 18.8 Å². The Bertz CT molecular complexity index is 346. The lowest BCUT2D eigenvalue weighted by molar-refractivity contribution is 0.357. The first kappa shape index (κ1) is 11.0. The molecular weight excluding hydrogens is 252 g/mol. The molecule has 1 aliphatic heterocycles. The van der Waals surface area contributed by atoms with Gasteiger partial charge in [0, 0.05) is 11.2 Å². The van der Waals surface area contributed by atoms with Gasteiger partial charge in [-0.15, -0.1) is 0 Å². The van der Waals surface area contributed by atoms with Crippen LogP contribution in [0.4, 0.5) is 0 Å². The van der Waals surface area contributed by atoms with Crippen molar-refractivity contribution in [1.29, 1.82) is 0 Å². The molecule has 0 saturated carbocycles. The minimum atomic E-state index is 0.581. The molecule has 2 unspecified atom stereocenters. The molecule has 1 aliphatic rings. The van der Waals surface area contributed by atoms with E-state index >= 15 is 0 Å². The molecule has 0 bridgehead atoms. The fourth-order valence-electron chi connectivity index (χ4n) is 2.14. The zero-order valence-corrected chi connectivity index (χ0v) is 10.9. The highest BCUT2D eigenvalue weighted by molar-refractivity contribution is 9.09. The lowest BCUT2D eigenvalue weighted by Gasteiger charge is -2.14. The maximum absolute atomic E-state index is 5.51. The fraction of sp³-hybridized carbons (Fsp3) is 0.538. The molecular formula is C13H17BrO. The van der Waals surface area contributed by atoms with Gasteiger partial charge in [-0.3, -0.25) is 0 Å². The highest BCUT2D eigenvalue weighted by atomic mass is 79.9. The highest BCUT2D eigenvalue weighted by Crippen LogP contribution is 2.30. The van der Waals surface area contributed by atoms with E-state index in [-0.39, 0.29) is 0 Å². The maximum atomic E-state index is 5.51. The SMILES string of the molecule is CC(Br)CC(C)c1ccc2c(c1)CCO2. The maximum Gasteiger partial charge on any atom is 0.122 e.